The second kappa shape index (κ2) is 8.13. The molecule has 3 rings (SSSR count). The van der Waals surface area contributed by atoms with Gasteiger partial charge in [-0.15, -0.1) is 6.42 Å². The fourth-order valence-electron chi connectivity index (χ4n) is 2.37. The molecule has 26 heavy (non-hydrogen) atoms. The van der Waals surface area contributed by atoms with Gasteiger partial charge in [0.1, 0.15) is 12.4 Å². The first-order valence-electron chi connectivity index (χ1n) is 7.73. The third kappa shape index (κ3) is 4.10. The maximum Gasteiger partial charge on any atom is 0.293 e. The molecule has 0 radical (unpaired) electrons. The maximum atomic E-state index is 12.6. The van der Waals surface area contributed by atoms with Crippen LogP contribution in [0, 0.1) is 12.3 Å². The first-order chi connectivity index (χ1) is 12.6. The lowest BCUT2D eigenvalue weighted by Gasteiger charge is -2.13. The molecular weight excluding hydrogens is 370 g/mol. The van der Waals surface area contributed by atoms with E-state index in [0.29, 0.717) is 15.7 Å². The van der Waals surface area contributed by atoms with Crippen molar-refractivity contribution in [1.82, 2.24) is 4.90 Å². The largest absolute Gasteiger partial charge is 0.481 e. The fourth-order valence-corrected chi connectivity index (χ4v) is 3.40. The lowest BCUT2D eigenvalue weighted by Crippen LogP contribution is -2.27. The summed E-state index contributed by atoms with van der Waals surface area (Å²) < 4.78 is 5.31. The van der Waals surface area contributed by atoms with E-state index in [2.05, 4.69) is 5.92 Å². The number of halogens is 1. The number of terminal acetylenes is 1. The SMILES string of the molecule is C#CCOc1ccc(C=C2SC(=O)N(Cc3ccccc3Cl)C2=O)cc1. The topological polar surface area (TPSA) is 46.6 Å². The Morgan fingerprint density at radius 1 is 1.15 bits per heavy atom. The number of hydrogen-bond donors (Lipinski definition) is 0. The zero-order valence-electron chi connectivity index (χ0n) is 13.6. The molecule has 0 spiro atoms. The van der Waals surface area contributed by atoms with Crippen LogP contribution >= 0.6 is 23.4 Å². The molecule has 0 aromatic heterocycles. The Morgan fingerprint density at radius 2 is 1.88 bits per heavy atom. The molecule has 1 saturated heterocycles. The molecule has 0 aliphatic carbocycles. The van der Waals surface area contributed by atoms with Crippen molar-refractivity contribution in [2.45, 2.75) is 6.54 Å². The van der Waals surface area contributed by atoms with Crippen molar-refractivity contribution in [2.75, 3.05) is 6.61 Å². The second-order valence-corrected chi connectivity index (χ2v) is 6.82. The molecule has 1 fully saturated rings. The van der Waals surface area contributed by atoms with E-state index in [1.165, 1.54) is 4.90 Å². The summed E-state index contributed by atoms with van der Waals surface area (Å²) in [5.74, 6) is 2.71. The van der Waals surface area contributed by atoms with Gasteiger partial charge in [-0.05, 0) is 47.2 Å². The quantitative estimate of drug-likeness (QED) is 0.559. The van der Waals surface area contributed by atoms with Crippen molar-refractivity contribution in [2.24, 2.45) is 0 Å². The Labute approximate surface area is 160 Å². The van der Waals surface area contributed by atoms with Crippen LogP contribution in [0.5, 0.6) is 5.75 Å². The number of carbonyl (C=O) groups is 2. The van der Waals surface area contributed by atoms with Crippen LogP contribution in [0.1, 0.15) is 11.1 Å². The fraction of sp³-hybridized carbons (Fsp3) is 0.100. The van der Waals surface area contributed by atoms with Crippen molar-refractivity contribution in [3.8, 4) is 18.1 Å². The molecule has 1 heterocycles. The molecule has 130 valence electrons. The summed E-state index contributed by atoms with van der Waals surface area (Å²) in [6.45, 7) is 0.348. The van der Waals surface area contributed by atoms with E-state index in [9.17, 15) is 9.59 Å². The van der Waals surface area contributed by atoms with E-state index in [1.807, 2.05) is 6.07 Å². The predicted octanol–water partition coefficient (Wildman–Crippen LogP) is 4.59. The smallest absolute Gasteiger partial charge is 0.293 e. The Morgan fingerprint density at radius 3 is 2.58 bits per heavy atom. The van der Waals surface area contributed by atoms with Gasteiger partial charge in [-0.1, -0.05) is 47.9 Å². The van der Waals surface area contributed by atoms with Crippen molar-refractivity contribution >= 4 is 40.6 Å². The first kappa shape index (κ1) is 18.1. The molecule has 1 aliphatic heterocycles. The number of amides is 2. The van der Waals surface area contributed by atoms with Crippen LogP contribution in [0.2, 0.25) is 5.02 Å². The van der Waals surface area contributed by atoms with Crippen LogP contribution in [-0.2, 0) is 11.3 Å². The monoisotopic (exact) mass is 383 g/mol. The summed E-state index contributed by atoms with van der Waals surface area (Å²) in [6.07, 6.45) is 6.83. The van der Waals surface area contributed by atoms with Crippen LogP contribution in [-0.4, -0.2) is 22.7 Å². The van der Waals surface area contributed by atoms with Crippen molar-refractivity contribution in [1.29, 1.82) is 0 Å². The van der Waals surface area contributed by atoms with E-state index in [-0.39, 0.29) is 24.3 Å². The number of rotatable bonds is 5. The van der Waals surface area contributed by atoms with E-state index in [1.54, 1.807) is 48.5 Å². The van der Waals surface area contributed by atoms with Crippen molar-refractivity contribution < 1.29 is 14.3 Å². The van der Waals surface area contributed by atoms with Gasteiger partial charge in [-0.25, -0.2) is 0 Å². The zero-order valence-corrected chi connectivity index (χ0v) is 15.2. The lowest BCUT2D eigenvalue weighted by atomic mass is 10.2. The molecule has 0 bridgehead atoms. The minimum atomic E-state index is -0.326. The van der Waals surface area contributed by atoms with Crippen molar-refractivity contribution in [3.63, 3.8) is 0 Å². The summed E-state index contributed by atoms with van der Waals surface area (Å²) in [4.78, 5) is 26.4. The molecule has 2 aromatic rings. The molecule has 0 N–H and O–H groups in total. The number of ether oxygens (including phenoxy) is 1. The van der Waals surface area contributed by atoms with E-state index < -0.39 is 0 Å². The minimum absolute atomic E-state index is 0.153. The first-order valence-corrected chi connectivity index (χ1v) is 8.93. The Bertz CT molecular complexity index is 915. The average Bonchev–Trinajstić information content (AvgIpc) is 2.90. The summed E-state index contributed by atoms with van der Waals surface area (Å²) in [5, 5.41) is 0.216. The van der Waals surface area contributed by atoms with Gasteiger partial charge in [-0.2, -0.15) is 0 Å². The van der Waals surface area contributed by atoms with Crippen LogP contribution in [0.15, 0.2) is 53.4 Å². The van der Waals surface area contributed by atoms with Gasteiger partial charge in [0.2, 0.25) is 0 Å². The normalized spacial score (nSPS) is 15.4. The summed E-state index contributed by atoms with van der Waals surface area (Å²) in [5.41, 5.74) is 1.52. The van der Waals surface area contributed by atoms with Crippen LogP contribution in [0.4, 0.5) is 4.79 Å². The predicted molar refractivity (Wildman–Crippen MR) is 104 cm³/mol. The molecule has 0 saturated carbocycles. The highest BCUT2D eigenvalue weighted by Crippen LogP contribution is 2.34. The van der Waals surface area contributed by atoms with E-state index in [0.717, 1.165) is 22.9 Å². The number of hydrogen-bond acceptors (Lipinski definition) is 4. The third-order valence-corrected chi connectivity index (χ3v) is 4.94. The maximum absolute atomic E-state index is 12.6. The minimum Gasteiger partial charge on any atom is -0.481 e. The molecule has 6 heteroatoms. The molecule has 0 atom stereocenters. The highest BCUT2D eigenvalue weighted by atomic mass is 35.5. The number of thioether (sulfide) groups is 1. The van der Waals surface area contributed by atoms with Crippen LogP contribution in [0.3, 0.4) is 0 Å². The summed E-state index contributed by atoms with van der Waals surface area (Å²) in [6, 6.07) is 14.3. The number of benzene rings is 2. The number of carbonyl (C=O) groups excluding carboxylic acids is 2. The van der Waals surface area contributed by atoms with Gasteiger partial charge >= 0.3 is 0 Å². The van der Waals surface area contributed by atoms with Gasteiger partial charge < -0.3 is 4.74 Å². The van der Waals surface area contributed by atoms with Gasteiger partial charge in [0.15, 0.2) is 0 Å². The van der Waals surface area contributed by atoms with Crippen LogP contribution in [0.25, 0.3) is 6.08 Å². The highest BCUT2D eigenvalue weighted by molar-refractivity contribution is 8.18. The number of imide groups is 1. The lowest BCUT2D eigenvalue weighted by molar-refractivity contribution is -0.123. The highest BCUT2D eigenvalue weighted by Gasteiger charge is 2.35. The van der Waals surface area contributed by atoms with Crippen molar-refractivity contribution in [3.05, 3.63) is 69.6 Å². The molecule has 0 unspecified atom stereocenters. The molecule has 1 aliphatic rings. The average molecular weight is 384 g/mol. The zero-order chi connectivity index (χ0) is 18.5. The number of nitrogens with zero attached hydrogens (tertiary/aromatic N) is 1. The van der Waals surface area contributed by atoms with Crippen LogP contribution < -0.4 is 4.74 Å². The third-order valence-electron chi connectivity index (χ3n) is 3.66. The molecule has 2 aromatic carbocycles. The molecular formula is C20H14ClNO3S. The summed E-state index contributed by atoms with van der Waals surface area (Å²) in [7, 11) is 0. The Hall–Kier alpha value is -2.68. The van der Waals surface area contributed by atoms with Gasteiger partial charge in [0.05, 0.1) is 11.4 Å². The van der Waals surface area contributed by atoms with Gasteiger partial charge in [0.25, 0.3) is 11.1 Å². The summed E-state index contributed by atoms with van der Waals surface area (Å²) >= 11 is 7.04. The standard InChI is InChI=1S/C20H14ClNO3S/c1-2-11-25-16-9-7-14(8-10-16)12-18-19(23)22(20(24)26-18)13-15-5-3-4-6-17(15)21/h1,3-10,12H,11,13H2. The van der Waals surface area contributed by atoms with Gasteiger partial charge in [-0.3, -0.25) is 14.5 Å². The van der Waals surface area contributed by atoms with Gasteiger partial charge in [0, 0.05) is 5.02 Å². The van der Waals surface area contributed by atoms with E-state index >= 15 is 0 Å². The second-order valence-electron chi connectivity index (χ2n) is 5.42. The van der Waals surface area contributed by atoms with E-state index in [4.69, 9.17) is 22.8 Å². The Balaban J connectivity index is 1.75. The Kier molecular flexibility index (Phi) is 5.67. The molecule has 2 amide bonds. The molecule has 4 nitrogen and oxygen atoms in total.